The van der Waals surface area contributed by atoms with Gasteiger partial charge in [0.1, 0.15) is 60.1 Å². The van der Waals surface area contributed by atoms with Gasteiger partial charge in [-0.15, -0.1) is 0 Å². The molecule has 102 heavy (non-hydrogen) atoms. The molecular formula is C67H91N17O18. The highest BCUT2D eigenvalue weighted by Gasteiger charge is 2.40. The number of guanidine groups is 1. The van der Waals surface area contributed by atoms with E-state index in [0.717, 1.165) is 6.92 Å². The molecule has 35 heteroatoms. The Kier molecular flexibility index (Phi) is 30.2. The molecule has 9 atom stereocenters. The number of aliphatic hydroxyl groups excluding tert-OH is 1. The molecule has 3 heterocycles. The molecule has 20 N–H and O–H groups in total. The van der Waals surface area contributed by atoms with Crippen molar-refractivity contribution in [3.05, 3.63) is 102 Å². The number of aliphatic imine (C=N–C) groups is 1. The van der Waals surface area contributed by atoms with E-state index >= 15 is 9.59 Å². The van der Waals surface area contributed by atoms with E-state index in [1.807, 2.05) is 0 Å². The summed E-state index contributed by atoms with van der Waals surface area (Å²) in [7, 11) is 4.08. The first-order chi connectivity index (χ1) is 48.6. The molecule has 1 aliphatic rings. The lowest BCUT2D eigenvalue weighted by atomic mass is 9.99. The second kappa shape index (κ2) is 38.7. The number of para-hydroxylation sites is 1. The minimum absolute atomic E-state index is 0.0410. The Balaban J connectivity index is 1.34. The fourth-order valence-corrected chi connectivity index (χ4v) is 11.5. The number of likely N-dealkylation sites (tertiary alicyclic amines) is 1. The van der Waals surface area contributed by atoms with E-state index < -0.39 is 145 Å². The summed E-state index contributed by atoms with van der Waals surface area (Å²) in [6, 6.07) is 1.96. The lowest BCUT2D eigenvalue weighted by Gasteiger charge is -2.30. The number of rotatable bonds is 40. The number of carbonyl (C=O) groups excluding carboxylic acids is 11. The van der Waals surface area contributed by atoms with E-state index in [1.54, 1.807) is 44.3 Å². The number of carboxylic acids is 1. The average molecular weight is 1420 g/mol. The third-order valence-corrected chi connectivity index (χ3v) is 16.5. The van der Waals surface area contributed by atoms with Crippen LogP contribution >= 0.6 is 0 Å². The van der Waals surface area contributed by atoms with E-state index in [4.69, 9.17) is 31.4 Å². The molecule has 0 aliphatic carbocycles. The minimum Gasteiger partial charge on any atom is -0.508 e. The maximum atomic E-state index is 15.2. The monoisotopic (exact) mass is 1420 g/mol. The highest BCUT2D eigenvalue weighted by atomic mass is 16.5. The number of carbonyl (C=O) groups is 12. The zero-order valence-corrected chi connectivity index (χ0v) is 57.4. The summed E-state index contributed by atoms with van der Waals surface area (Å²) >= 11 is 0. The molecular weight excluding hydrogens is 1330 g/mol. The molecule has 552 valence electrons. The van der Waals surface area contributed by atoms with Crippen LogP contribution in [0.4, 0.5) is 0 Å². The molecule has 0 radical (unpaired) electrons. The molecule has 2 aromatic heterocycles. The van der Waals surface area contributed by atoms with Gasteiger partial charge in [0.2, 0.25) is 70.7 Å². The van der Waals surface area contributed by atoms with Gasteiger partial charge in [0.05, 0.1) is 40.8 Å². The molecule has 3 aromatic carbocycles. The summed E-state index contributed by atoms with van der Waals surface area (Å²) in [5, 5.41) is 54.6. The van der Waals surface area contributed by atoms with E-state index in [-0.39, 0.29) is 106 Å². The first-order valence-electron chi connectivity index (χ1n) is 32.8. The van der Waals surface area contributed by atoms with Gasteiger partial charge in [-0.25, -0.2) is 4.98 Å². The molecule has 5 aromatic rings. The van der Waals surface area contributed by atoms with Gasteiger partial charge >= 0.3 is 5.97 Å². The average Bonchev–Trinajstić information content (AvgIpc) is 1.81. The number of phenolic OH excluding ortho intramolecular Hbond substituents is 1. The summed E-state index contributed by atoms with van der Waals surface area (Å²) in [5.74, 6) is -11.2. The van der Waals surface area contributed by atoms with Gasteiger partial charge in [-0.1, -0.05) is 44.2 Å². The van der Waals surface area contributed by atoms with Crippen molar-refractivity contribution in [2.45, 2.75) is 146 Å². The maximum absolute atomic E-state index is 15.2. The van der Waals surface area contributed by atoms with Crippen molar-refractivity contribution in [3.8, 4) is 23.0 Å². The van der Waals surface area contributed by atoms with Crippen molar-refractivity contribution in [3.63, 3.8) is 0 Å². The second-order valence-corrected chi connectivity index (χ2v) is 24.7. The summed E-state index contributed by atoms with van der Waals surface area (Å²) in [4.78, 5) is 181. The number of aromatic amines is 2. The lowest BCUT2D eigenvalue weighted by Crippen LogP contribution is -2.61. The van der Waals surface area contributed by atoms with Crippen LogP contribution in [0.15, 0.2) is 84.4 Å². The van der Waals surface area contributed by atoms with Crippen LogP contribution in [0.2, 0.25) is 0 Å². The summed E-state index contributed by atoms with van der Waals surface area (Å²) in [6.07, 6.45) is 2.78. The van der Waals surface area contributed by atoms with E-state index in [2.05, 4.69) is 67.8 Å². The quantitative estimate of drug-likeness (QED) is 0.0108. The van der Waals surface area contributed by atoms with Crippen LogP contribution in [-0.2, 0) is 83.2 Å². The topological polar surface area (TPSA) is 540 Å². The van der Waals surface area contributed by atoms with Crippen LogP contribution in [0, 0.1) is 5.92 Å². The molecule has 11 amide bonds. The largest absolute Gasteiger partial charge is 0.508 e. The Morgan fingerprint density at radius 1 is 0.657 bits per heavy atom. The Morgan fingerprint density at radius 3 is 1.75 bits per heavy atom. The number of benzene rings is 3. The van der Waals surface area contributed by atoms with Crippen LogP contribution < -0.4 is 79.3 Å². The summed E-state index contributed by atoms with van der Waals surface area (Å²) < 4.78 is 16.8. The van der Waals surface area contributed by atoms with Crippen molar-refractivity contribution < 1.29 is 87.1 Å². The van der Waals surface area contributed by atoms with Crippen LogP contribution in [0.5, 0.6) is 23.0 Å². The molecule has 0 saturated carbocycles. The highest BCUT2D eigenvalue weighted by molar-refractivity contribution is 5.99. The van der Waals surface area contributed by atoms with Crippen molar-refractivity contribution >= 4 is 87.8 Å². The van der Waals surface area contributed by atoms with Crippen molar-refractivity contribution in [1.82, 2.24) is 67.7 Å². The number of methoxy groups -OCH3 is 3. The zero-order chi connectivity index (χ0) is 74.7. The number of aromatic hydroxyl groups is 1. The third kappa shape index (κ3) is 23.9. The number of fused-ring (bicyclic) bond motifs is 1. The Labute approximate surface area is 586 Å². The van der Waals surface area contributed by atoms with Crippen LogP contribution in [-0.4, -0.2) is 214 Å². The Morgan fingerprint density at radius 2 is 1.21 bits per heavy atom. The van der Waals surface area contributed by atoms with Gasteiger partial charge in [0, 0.05) is 81.1 Å². The SMILES string of the molecule is COc1cc(C[C@@H](NC(=O)[C@H](Cc2ccc(O)cc2)NC(=O)[C@H](CO)NC(=O)[C@H](Cc2c[nH]c3ccccc23)NC(=O)[C@H](Cc2cnc[nH]2)NC(=O)[C@H](CCC(=O)O)NC(C)=O)C(=O)N[C@@H](CC(C)C)C(=O)N[C@@H](CCCN=C(N)N)C(=O)N2CCC[C@H]2C(=O)NCC(N)=O)cc(OC)c1OC. The number of nitrogens with zero attached hydrogens (tertiary/aromatic N) is 3. The normalized spacial score (nSPS) is 14.9. The molecule has 1 aliphatic heterocycles. The standard InChI is InChI=1S/C67H91N17O18/c1-35(2)23-46(59(92)77-45(13-9-21-72-67(69)70)66(99)84-22-10-14-52(84)65(98)74-32-55(68)88)78-61(94)48(25-38-26-53(100-4)57(102-6)54(27-38)101-5)79-60(93)47(24-37-15-17-41(87)18-16-37)80-64(97)51(33-85)83-62(95)49(28-39-30-73-43-12-8-7-11-42(39)43)81-63(96)50(29-40-31-71-34-75-40)82-58(91)44(76-36(3)86)19-20-56(89)90/h7-8,11-12,15-18,26-27,30-31,34-35,44-52,73,85,87H,9-10,13-14,19-25,28-29,32-33H2,1-6H3,(H2,68,88)(H,71,75)(H,74,98)(H,76,86)(H,77,92)(H,78,94)(H,79,93)(H,80,97)(H,81,96)(H,82,91)(H,83,95)(H,89,90)(H4,69,70,72)/t44-,45-,46-,47-,48+,49-,50-,51-,52-/m0/s1. The predicted octanol–water partition coefficient (Wildman–Crippen LogP) is -2.66. The predicted molar refractivity (Wildman–Crippen MR) is 367 cm³/mol. The molecule has 6 rings (SSSR count). The Hall–Kier alpha value is -11.5. The number of amides is 11. The van der Waals surface area contributed by atoms with E-state index in [0.29, 0.717) is 39.7 Å². The smallest absolute Gasteiger partial charge is 0.303 e. The number of carboxylic acid groups (broad SMARTS) is 1. The number of imidazole rings is 1. The number of aliphatic carboxylic acids is 1. The van der Waals surface area contributed by atoms with Gasteiger partial charge in [0.25, 0.3) is 0 Å². The first kappa shape index (κ1) is 79.5. The van der Waals surface area contributed by atoms with E-state index in [9.17, 15) is 63.3 Å². The number of hydrogen-bond donors (Lipinski definition) is 17. The van der Waals surface area contributed by atoms with Crippen LogP contribution in [0.25, 0.3) is 10.9 Å². The number of ether oxygens (including phenoxy) is 3. The molecule has 0 bridgehead atoms. The first-order valence-corrected chi connectivity index (χ1v) is 32.8. The molecule has 35 nitrogen and oxygen atoms in total. The van der Waals surface area contributed by atoms with Crippen LogP contribution in [0.1, 0.15) is 88.1 Å². The van der Waals surface area contributed by atoms with Gasteiger partial charge < -0.3 is 109 Å². The van der Waals surface area contributed by atoms with Crippen molar-refractivity contribution in [2.75, 3.05) is 47.6 Å². The fraction of sp³-hybridized carbons (Fsp3) is 0.463. The number of nitrogens with two attached hydrogens (primary N) is 3. The number of aliphatic hydroxyl groups is 1. The van der Waals surface area contributed by atoms with Gasteiger partial charge in [0.15, 0.2) is 17.5 Å². The number of nitrogens with one attached hydrogen (secondary N) is 11. The minimum atomic E-state index is -1.89. The van der Waals surface area contributed by atoms with Gasteiger partial charge in [-0.05, 0) is 91.5 Å². The molecule has 1 saturated heterocycles. The molecule has 1 fully saturated rings. The fourth-order valence-electron chi connectivity index (χ4n) is 11.5. The number of primary amides is 1. The van der Waals surface area contributed by atoms with Crippen molar-refractivity contribution in [1.29, 1.82) is 0 Å². The maximum Gasteiger partial charge on any atom is 0.303 e. The zero-order valence-electron chi connectivity index (χ0n) is 57.4. The van der Waals surface area contributed by atoms with Gasteiger partial charge in [-0.3, -0.25) is 62.5 Å². The number of hydrogen-bond acceptors (Lipinski definition) is 19. The number of aromatic nitrogens is 3. The second-order valence-electron chi connectivity index (χ2n) is 24.7. The number of H-pyrrole nitrogens is 2. The van der Waals surface area contributed by atoms with E-state index in [1.165, 1.54) is 75.2 Å². The van der Waals surface area contributed by atoms with Crippen molar-refractivity contribution in [2.24, 2.45) is 28.1 Å². The summed E-state index contributed by atoms with van der Waals surface area (Å²) in [5.41, 5.74) is 18.5. The van der Waals surface area contributed by atoms with Gasteiger partial charge in [-0.2, -0.15) is 0 Å². The molecule has 0 spiro atoms. The molecule has 0 unspecified atom stereocenters. The Bertz CT molecular complexity index is 3760. The number of phenols is 1. The third-order valence-electron chi connectivity index (χ3n) is 16.5. The summed E-state index contributed by atoms with van der Waals surface area (Å²) in [6.45, 7) is 3.20. The lowest BCUT2D eigenvalue weighted by molar-refractivity contribution is -0.142. The highest BCUT2D eigenvalue weighted by Crippen LogP contribution is 2.38. The van der Waals surface area contributed by atoms with Crippen LogP contribution in [0.3, 0.4) is 0 Å².